The molecule has 4 N–H and O–H groups in total. The van der Waals surface area contributed by atoms with Gasteiger partial charge in [0.1, 0.15) is 11.6 Å². The number of aryl methyl sites for hydroxylation is 1. The number of nitrogens with one attached hydrogen (secondary N) is 2. The summed E-state index contributed by atoms with van der Waals surface area (Å²) in [4.78, 5) is 13.6. The number of hydrogen-bond acceptors (Lipinski definition) is 5. The number of para-hydroxylation sites is 1. The number of hydrogen-bond donors (Lipinski definition) is 3. The number of anilines is 1. The highest BCUT2D eigenvalue weighted by atomic mass is 35.5. The molecule has 11 heteroatoms. The minimum Gasteiger partial charge on any atom is -0.324 e. The van der Waals surface area contributed by atoms with E-state index in [9.17, 15) is 22.0 Å². The predicted octanol–water partition coefficient (Wildman–Crippen LogP) is 4.80. The Morgan fingerprint density at radius 3 is 2.38 bits per heavy atom. The maximum atomic E-state index is 14.2. The first-order valence-electron chi connectivity index (χ1n) is 14.1. The van der Waals surface area contributed by atoms with Crippen molar-refractivity contribution in [2.24, 2.45) is 5.73 Å². The number of carbonyl (C=O) groups is 1. The molecule has 0 bridgehead atoms. The third kappa shape index (κ3) is 6.84. The second-order valence-electron chi connectivity index (χ2n) is 11.2. The second kappa shape index (κ2) is 12.8. The van der Waals surface area contributed by atoms with Gasteiger partial charge in [0, 0.05) is 47.9 Å². The van der Waals surface area contributed by atoms with Crippen molar-refractivity contribution < 1.29 is 22.0 Å². The van der Waals surface area contributed by atoms with Crippen LogP contribution in [0.25, 0.3) is 0 Å². The fourth-order valence-corrected chi connectivity index (χ4v) is 8.18. The van der Waals surface area contributed by atoms with Gasteiger partial charge in [-0.1, -0.05) is 41.9 Å². The molecule has 3 aromatic rings. The molecule has 3 aromatic carbocycles. The zero-order chi connectivity index (χ0) is 30.0. The molecule has 2 fully saturated rings. The van der Waals surface area contributed by atoms with E-state index < -0.39 is 39.5 Å². The first-order valence-corrected chi connectivity index (χ1v) is 16.0. The van der Waals surface area contributed by atoms with Gasteiger partial charge in [-0.25, -0.2) is 17.2 Å². The molecule has 1 aliphatic heterocycles. The van der Waals surface area contributed by atoms with Crippen LogP contribution in [0.2, 0.25) is 5.02 Å². The van der Waals surface area contributed by atoms with E-state index in [0.717, 1.165) is 11.6 Å². The lowest BCUT2D eigenvalue weighted by atomic mass is 9.84. The number of nitrogens with two attached hydrogens (primary N) is 1. The van der Waals surface area contributed by atoms with Crippen LogP contribution in [0.3, 0.4) is 0 Å². The normalized spacial score (nSPS) is 21.1. The average molecular weight is 617 g/mol. The van der Waals surface area contributed by atoms with Gasteiger partial charge in [-0.3, -0.25) is 4.79 Å². The van der Waals surface area contributed by atoms with Crippen LogP contribution in [0.1, 0.15) is 48.8 Å². The van der Waals surface area contributed by atoms with Crippen LogP contribution in [-0.2, 0) is 21.2 Å². The summed E-state index contributed by atoms with van der Waals surface area (Å²) in [5.41, 5.74) is 8.68. The highest BCUT2D eigenvalue weighted by molar-refractivity contribution is 7.90. The lowest BCUT2D eigenvalue weighted by Gasteiger charge is -2.40. The molecule has 1 amide bonds. The van der Waals surface area contributed by atoms with E-state index in [1.807, 2.05) is 19.1 Å². The molecule has 0 unspecified atom stereocenters. The van der Waals surface area contributed by atoms with Gasteiger partial charge in [0.25, 0.3) is 0 Å². The third-order valence-corrected chi connectivity index (χ3v) is 10.8. The standard InChI is InChI=1S/C31H35ClF2N4O3S/c1-19-17-36-18-26(38(19)42(40,41)27-12-13-27)11-8-20-4-2-3-5-28(20)37-31(39)30(35)29(21-6-9-23(32)10-7-21)22-14-24(33)16-25(34)15-22/h2-7,9-10,14-16,19,26-27,29-30,36H,8,11-13,17-18,35H2,1H3,(H,37,39)/t19-,26-,29-,30-/m0/s1. The van der Waals surface area contributed by atoms with Crippen molar-refractivity contribution in [3.8, 4) is 0 Å². The van der Waals surface area contributed by atoms with Crippen molar-refractivity contribution in [1.29, 1.82) is 0 Å². The van der Waals surface area contributed by atoms with Crippen molar-refractivity contribution in [3.63, 3.8) is 0 Å². The molecule has 0 spiro atoms. The van der Waals surface area contributed by atoms with E-state index in [1.165, 1.54) is 12.1 Å². The van der Waals surface area contributed by atoms with Gasteiger partial charge in [0.2, 0.25) is 15.9 Å². The van der Waals surface area contributed by atoms with Crippen molar-refractivity contribution in [3.05, 3.63) is 100 Å². The molecule has 0 aromatic heterocycles. The van der Waals surface area contributed by atoms with Gasteiger partial charge in [-0.15, -0.1) is 0 Å². The van der Waals surface area contributed by atoms with Gasteiger partial charge >= 0.3 is 0 Å². The molecule has 1 aliphatic carbocycles. The van der Waals surface area contributed by atoms with Crippen LogP contribution in [0.5, 0.6) is 0 Å². The summed E-state index contributed by atoms with van der Waals surface area (Å²) in [6, 6.07) is 15.5. The number of amides is 1. The maximum absolute atomic E-state index is 14.2. The number of piperazine rings is 1. The maximum Gasteiger partial charge on any atom is 0.242 e. The zero-order valence-corrected chi connectivity index (χ0v) is 24.8. The summed E-state index contributed by atoms with van der Waals surface area (Å²) in [6.45, 7) is 3.09. The zero-order valence-electron chi connectivity index (χ0n) is 23.3. The van der Waals surface area contributed by atoms with E-state index in [-0.39, 0.29) is 22.9 Å². The van der Waals surface area contributed by atoms with Crippen LogP contribution in [0.4, 0.5) is 14.5 Å². The molecule has 1 saturated heterocycles. The first-order chi connectivity index (χ1) is 20.0. The largest absolute Gasteiger partial charge is 0.324 e. The van der Waals surface area contributed by atoms with Crippen molar-refractivity contribution in [1.82, 2.24) is 9.62 Å². The van der Waals surface area contributed by atoms with Crippen LogP contribution in [0, 0.1) is 11.6 Å². The monoisotopic (exact) mass is 616 g/mol. The summed E-state index contributed by atoms with van der Waals surface area (Å²) in [5, 5.41) is 6.45. The first kappa shape index (κ1) is 30.6. The fraction of sp³-hybridized carbons (Fsp3) is 0.387. The quantitative estimate of drug-likeness (QED) is 0.304. The Morgan fingerprint density at radius 1 is 1.05 bits per heavy atom. The highest BCUT2D eigenvalue weighted by Crippen LogP contribution is 2.35. The Morgan fingerprint density at radius 2 is 1.71 bits per heavy atom. The van der Waals surface area contributed by atoms with E-state index in [1.54, 1.807) is 40.7 Å². The molecule has 0 radical (unpaired) electrons. The van der Waals surface area contributed by atoms with Crippen LogP contribution in [0.15, 0.2) is 66.7 Å². The van der Waals surface area contributed by atoms with Gasteiger partial charge in [-0.2, -0.15) is 4.31 Å². The lowest BCUT2D eigenvalue weighted by molar-refractivity contribution is -0.117. The van der Waals surface area contributed by atoms with E-state index in [4.69, 9.17) is 17.3 Å². The van der Waals surface area contributed by atoms with Gasteiger partial charge in [0.15, 0.2) is 0 Å². The summed E-state index contributed by atoms with van der Waals surface area (Å²) in [5.74, 6) is -2.93. The Kier molecular flexibility index (Phi) is 9.29. The minimum atomic E-state index is -3.36. The Bertz CT molecular complexity index is 1520. The average Bonchev–Trinajstić information content (AvgIpc) is 3.80. The number of carbonyl (C=O) groups excluding carboxylic acids is 1. The Hall–Kier alpha value is -2.89. The van der Waals surface area contributed by atoms with Gasteiger partial charge in [0.05, 0.1) is 11.3 Å². The predicted molar refractivity (Wildman–Crippen MR) is 161 cm³/mol. The molecular weight excluding hydrogens is 582 g/mol. The Labute approximate surface area is 250 Å². The van der Waals surface area contributed by atoms with E-state index in [0.29, 0.717) is 55.0 Å². The minimum absolute atomic E-state index is 0.139. The summed E-state index contributed by atoms with van der Waals surface area (Å²) < 4.78 is 56.5. The summed E-state index contributed by atoms with van der Waals surface area (Å²) >= 11 is 6.05. The van der Waals surface area contributed by atoms with E-state index in [2.05, 4.69) is 10.6 Å². The van der Waals surface area contributed by atoms with Crippen LogP contribution >= 0.6 is 11.6 Å². The number of nitrogens with zero attached hydrogens (tertiary/aromatic N) is 1. The fourth-order valence-electron chi connectivity index (χ4n) is 5.81. The van der Waals surface area contributed by atoms with Crippen LogP contribution in [-0.4, -0.2) is 55.1 Å². The Balaban J connectivity index is 1.35. The summed E-state index contributed by atoms with van der Waals surface area (Å²) in [6.07, 6.45) is 2.51. The smallest absolute Gasteiger partial charge is 0.242 e. The SMILES string of the molecule is C[C@H]1CNC[C@H](CCc2ccccc2NC(=O)[C@@H](N)[C@@H](c2ccc(Cl)cc2)c2cc(F)cc(F)c2)N1S(=O)(=O)C1CC1. The second-order valence-corrected chi connectivity index (χ2v) is 13.7. The van der Waals surface area contributed by atoms with Crippen molar-refractivity contribution >= 4 is 33.2 Å². The van der Waals surface area contributed by atoms with E-state index >= 15 is 0 Å². The molecule has 42 heavy (non-hydrogen) atoms. The highest BCUT2D eigenvalue weighted by Gasteiger charge is 2.45. The molecule has 4 atom stereocenters. The molecule has 1 saturated carbocycles. The number of halogens is 3. The molecule has 224 valence electrons. The molecule has 7 nitrogen and oxygen atoms in total. The molecule has 2 aliphatic rings. The topological polar surface area (TPSA) is 105 Å². The van der Waals surface area contributed by atoms with Crippen LogP contribution < -0.4 is 16.4 Å². The van der Waals surface area contributed by atoms with Gasteiger partial charge in [-0.05, 0) is 79.6 Å². The van der Waals surface area contributed by atoms with Gasteiger partial charge < -0.3 is 16.4 Å². The summed E-state index contributed by atoms with van der Waals surface area (Å²) in [7, 11) is -3.36. The van der Waals surface area contributed by atoms with Crippen molar-refractivity contribution in [2.45, 2.75) is 61.9 Å². The number of benzene rings is 3. The number of sulfonamides is 1. The third-order valence-electron chi connectivity index (χ3n) is 8.01. The van der Waals surface area contributed by atoms with Crippen molar-refractivity contribution in [2.75, 3.05) is 18.4 Å². The molecular formula is C31H35ClF2N4O3S. The number of rotatable bonds is 10. The molecule has 1 heterocycles. The molecule has 5 rings (SSSR count). The lowest BCUT2D eigenvalue weighted by Crippen LogP contribution is -2.59.